The quantitative estimate of drug-likeness (QED) is 0.528. The average molecular weight is 257 g/mol. The van der Waals surface area contributed by atoms with Crippen molar-refractivity contribution in [2.75, 3.05) is 19.5 Å². The van der Waals surface area contributed by atoms with Crippen LogP contribution in [-0.2, 0) is 14.5 Å². The van der Waals surface area contributed by atoms with Gasteiger partial charge in [-0.2, -0.15) is 4.98 Å². The second kappa shape index (κ2) is 5.44. The number of rotatable bonds is 4. The Morgan fingerprint density at radius 1 is 1.72 bits per heavy atom. The number of hydrogen-bond acceptors (Lipinski definition) is 7. The van der Waals surface area contributed by atoms with Gasteiger partial charge in [0.25, 0.3) is 0 Å². The van der Waals surface area contributed by atoms with Crippen molar-refractivity contribution in [3.63, 3.8) is 0 Å². The van der Waals surface area contributed by atoms with E-state index in [1.165, 1.54) is 23.9 Å². The summed E-state index contributed by atoms with van der Waals surface area (Å²) in [6, 6.07) is 1.50. The predicted molar refractivity (Wildman–Crippen MR) is 60.4 cm³/mol. The predicted octanol–water partition coefficient (Wildman–Crippen LogP) is -0.948. The molecule has 1 fully saturated rings. The molecule has 1 aliphatic heterocycles. The number of aliphatic hydroxyl groups excluding tert-OH is 1. The molecule has 0 aromatic carbocycles. The Bertz CT molecular complexity index is 463. The molecular weight excluding hydrogens is 242 g/mol. The van der Waals surface area contributed by atoms with Gasteiger partial charge in [0.1, 0.15) is 24.8 Å². The van der Waals surface area contributed by atoms with E-state index < -0.39 is 24.1 Å². The maximum absolute atomic E-state index is 11.6. The van der Waals surface area contributed by atoms with Crippen molar-refractivity contribution in [2.45, 2.75) is 24.9 Å². The first-order valence-electron chi connectivity index (χ1n) is 5.45. The minimum atomic E-state index is -0.727. The van der Waals surface area contributed by atoms with Gasteiger partial charge in [-0.3, -0.25) is 4.57 Å². The second-order valence-electron chi connectivity index (χ2n) is 3.93. The molecule has 1 aromatic heterocycles. The third-order valence-corrected chi connectivity index (χ3v) is 2.72. The molecule has 0 spiro atoms. The normalized spacial score (nSPS) is 27.6. The van der Waals surface area contributed by atoms with Gasteiger partial charge in [-0.1, -0.05) is 0 Å². The number of nitrogens with two attached hydrogens (primary N) is 1. The van der Waals surface area contributed by atoms with E-state index >= 15 is 0 Å². The van der Waals surface area contributed by atoms with Crippen LogP contribution in [0.1, 0.15) is 12.6 Å². The van der Waals surface area contributed by atoms with Gasteiger partial charge in [-0.25, -0.2) is 14.6 Å². The number of aliphatic hydroxyl groups is 1. The van der Waals surface area contributed by atoms with Crippen LogP contribution in [0.3, 0.4) is 0 Å². The fraction of sp³-hybridized carbons (Fsp3) is 0.600. The molecule has 0 bridgehead atoms. The molecule has 3 N–H and O–H groups in total. The van der Waals surface area contributed by atoms with Gasteiger partial charge in [0.2, 0.25) is 0 Å². The molecule has 1 aliphatic rings. The largest absolute Gasteiger partial charge is 0.390 e. The molecule has 100 valence electrons. The van der Waals surface area contributed by atoms with Gasteiger partial charge < -0.3 is 15.6 Å². The second-order valence-corrected chi connectivity index (χ2v) is 3.93. The first kappa shape index (κ1) is 13.0. The molecule has 18 heavy (non-hydrogen) atoms. The summed E-state index contributed by atoms with van der Waals surface area (Å²) in [6.07, 6.45) is -0.0785. The summed E-state index contributed by atoms with van der Waals surface area (Å²) in [5, 5.41) is 9.77. The minimum absolute atomic E-state index is 0.0886. The maximum atomic E-state index is 11.6. The van der Waals surface area contributed by atoms with E-state index in [0.29, 0.717) is 0 Å². The van der Waals surface area contributed by atoms with Gasteiger partial charge in [0, 0.05) is 12.6 Å². The average Bonchev–Trinajstić information content (AvgIpc) is 2.68. The van der Waals surface area contributed by atoms with E-state index in [4.69, 9.17) is 15.4 Å². The molecule has 0 saturated carbocycles. The number of nitrogens with zero attached hydrogens (tertiary/aromatic N) is 2. The van der Waals surface area contributed by atoms with Crippen molar-refractivity contribution in [2.24, 2.45) is 0 Å². The SMILES string of the molecule is COOC[C@H]1O[C@@H](n2ccc(N)nc2=O)C[C@@H]1O. The van der Waals surface area contributed by atoms with E-state index in [1.807, 2.05) is 0 Å². The number of ether oxygens (including phenoxy) is 1. The van der Waals surface area contributed by atoms with Crippen LogP contribution in [0.4, 0.5) is 5.82 Å². The highest BCUT2D eigenvalue weighted by Crippen LogP contribution is 2.27. The molecule has 1 saturated heterocycles. The summed E-state index contributed by atoms with van der Waals surface area (Å²) in [4.78, 5) is 24.4. The van der Waals surface area contributed by atoms with Crippen molar-refractivity contribution in [1.82, 2.24) is 9.55 Å². The Morgan fingerprint density at radius 3 is 3.17 bits per heavy atom. The number of aromatic nitrogens is 2. The summed E-state index contributed by atoms with van der Waals surface area (Å²) >= 11 is 0. The smallest absolute Gasteiger partial charge is 0.351 e. The first-order chi connectivity index (χ1) is 8.61. The molecule has 0 amide bonds. The third-order valence-electron chi connectivity index (χ3n) is 2.72. The van der Waals surface area contributed by atoms with Crippen LogP contribution in [0.15, 0.2) is 17.1 Å². The summed E-state index contributed by atoms with van der Waals surface area (Å²) < 4.78 is 6.79. The van der Waals surface area contributed by atoms with Crippen molar-refractivity contribution >= 4 is 5.82 Å². The Hall–Kier alpha value is -1.48. The molecule has 2 rings (SSSR count). The minimum Gasteiger partial charge on any atom is -0.390 e. The molecule has 8 nitrogen and oxygen atoms in total. The van der Waals surface area contributed by atoms with E-state index in [2.05, 4.69) is 9.87 Å². The lowest BCUT2D eigenvalue weighted by molar-refractivity contribution is -0.290. The fourth-order valence-electron chi connectivity index (χ4n) is 1.82. The Morgan fingerprint density at radius 2 is 2.50 bits per heavy atom. The molecule has 0 aliphatic carbocycles. The molecule has 3 atom stereocenters. The van der Waals surface area contributed by atoms with Crippen LogP contribution in [0, 0.1) is 0 Å². The zero-order valence-electron chi connectivity index (χ0n) is 9.85. The Labute approximate surface area is 103 Å². The zero-order chi connectivity index (χ0) is 13.1. The highest BCUT2D eigenvalue weighted by atomic mass is 17.2. The topological polar surface area (TPSA) is 109 Å². The summed E-state index contributed by atoms with van der Waals surface area (Å²) in [5.74, 6) is 0.147. The molecule has 1 aromatic rings. The van der Waals surface area contributed by atoms with Crippen LogP contribution in [0.25, 0.3) is 0 Å². The van der Waals surface area contributed by atoms with Gasteiger partial charge in [0.05, 0.1) is 13.2 Å². The number of hydrogen-bond donors (Lipinski definition) is 2. The van der Waals surface area contributed by atoms with Crippen LogP contribution >= 0.6 is 0 Å². The van der Waals surface area contributed by atoms with Gasteiger partial charge in [-0.15, -0.1) is 0 Å². The van der Waals surface area contributed by atoms with E-state index in [1.54, 1.807) is 0 Å². The monoisotopic (exact) mass is 257 g/mol. The molecular formula is C10H15N3O5. The third kappa shape index (κ3) is 2.67. The standard InChI is InChI=1S/C10H15N3O5/c1-16-17-5-7-6(14)4-9(18-7)13-3-2-8(11)12-10(13)15/h2-3,6-7,9,14H,4-5H2,1H3,(H2,11,12,15)/t6-,7+,9+/m0/s1. The van der Waals surface area contributed by atoms with Crippen LogP contribution in [0.5, 0.6) is 0 Å². The van der Waals surface area contributed by atoms with E-state index in [9.17, 15) is 9.90 Å². The highest BCUT2D eigenvalue weighted by Gasteiger charge is 2.35. The molecule has 8 heteroatoms. The molecule has 2 heterocycles. The Kier molecular flexibility index (Phi) is 3.92. The highest BCUT2D eigenvalue weighted by molar-refractivity contribution is 5.23. The lowest BCUT2D eigenvalue weighted by atomic mass is 10.2. The molecule has 0 unspecified atom stereocenters. The van der Waals surface area contributed by atoms with Gasteiger partial charge in [-0.05, 0) is 6.07 Å². The fourth-order valence-corrected chi connectivity index (χ4v) is 1.82. The van der Waals surface area contributed by atoms with Crippen molar-refractivity contribution < 1.29 is 19.6 Å². The lowest BCUT2D eigenvalue weighted by Gasteiger charge is -2.15. The Balaban J connectivity index is 2.09. The first-order valence-corrected chi connectivity index (χ1v) is 5.45. The van der Waals surface area contributed by atoms with Crippen molar-refractivity contribution in [3.8, 4) is 0 Å². The van der Waals surface area contributed by atoms with Crippen LogP contribution in [-0.4, -0.2) is 40.6 Å². The van der Waals surface area contributed by atoms with Gasteiger partial charge in [0.15, 0.2) is 0 Å². The van der Waals surface area contributed by atoms with Crippen molar-refractivity contribution in [1.29, 1.82) is 0 Å². The maximum Gasteiger partial charge on any atom is 0.351 e. The lowest BCUT2D eigenvalue weighted by Crippen LogP contribution is -2.28. The number of nitrogen functional groups attached to an aromatic ring is 1. The molecule has 0 radical (unpaired) electrons. The van der Waals surface area contributed by atoms with Crippen LogP contribution in [0.2, 0.25) is 0 Å². The van der Waals surface area contributed by atoms with Gasteiger partial charge >= 0.3 is 5.69 Å². The van der Waals surface area contributed by atoms with E-state index in [0.717, 1.165) is 0 Å². The summed E-state index contributed by atoms with van der Waals surface area (Å²) in [5.41, 5.74) is 4.88. The number of anilines is 1. The summed E-state index contributed by atoms with van der Waals surface area (Å²) in [6.45, 7) is 0.0886. The van der Waals surface area contributed by atoms with Crippen LogP contribution < -0.4 is 11.4 Å². The van der Waals surface area contributed by atoms with Crippen molar-refractivity contribution in [3.05, 3.63) is 22.7 Å². The summed E-state index contributed by atoms with van der Waals surface area (Å²) in [7, 11) is 1.37. The zero-order valence-corrected chi connectivity index (χ0v) is 9.85. The van der Waals surface area contributed by atoms with E-state index in [-0.39, 0.29) is 18.8 Å².